The first-order valence-electron chi connectivity index (χ1n) is 9.17. The Bertz CT molecular complexity index is 727. The van der Waals surface area contributed by atoms with Gasteiger partial charge in [-0.15, -0.1) is 0 Å². The number of rotatable bonds is 6. The highest BCUT2D eigenvalue weighted by atomic mass is 19.1. The SMILES string of the molecule is CCCCNc1ccnc(C(=O)N2CCN(c3ccc(F)cc3)CC2)c1. The van der Waals surface area contributed by atoms with Gasteiger partial charge in [-0.2, -0.15) is 0 Å². The van der Waals surface area contributed by atoms with Crippen molar-refractivity contribution in [3.63, 3.8) is 0 Å². The van der Waals surface area contributed by atoms with Crippen molar-refractivity contribution in [2.24, 2.45) is 0 Å². The van der Waals surface area contributed by atoms with E-state index < -0.39 is 0 Å². The summed E-state index contributed by atoms with van der Waals surface area (Å²) >= 11 is 0. The number of pyridine rings is 1. The summed E-state index contributed by atoms with van der Waals surface area (Å²) in [5.41, 5.74) is 2.39. The molecule has 0 spiro atoms. The third-order valence-electron chi connectivity index (χ3n) is 4.60. The summed E-state index contributed by atoms with van der Waals surface area (Å²) in [6, 6.07) is 10.2. The van der Waals surface area contributed by atoms with Gasteiger partial charge in [0.15, 0.2) is 0 Å². The highest BCUT2D eigenvalue weighted by molar-refractivity contribution is 5.93. The van der Waals surface area contributed by atoms with Gasteiger partial charge >= 0.3 is 0 Å². The smallest absolute Gasteiger partial charge is 0.272 e. The minimum absolute atomic E-state index is 0.0390. The molecule has 1 aromatic heterocycles. The van der Waals surface area contributed by atoms with Crippen LogP contribution in [0.4, 0.5) is 15.8 Å². The summed E-state index contributed by atoms with van der Waals surface area (Å²) in [7, 11) is 0. The molecule has 2 aromatic rings. The third kappa shape index (κ3) is 4.50. The van der Waals surface area contributed by atoms with Gasteiger partial charge in [-0.05, 0) is 42.8 Å². The maximum atomic E-state index is 13.1. The van der Waals surface area contributed by atoms with Gasteiger partial charge in [0.1, 0.15) is 11.5 Å². The van der Waals surface area contributed by atoms with E-state index >= 15 is 0 Å². The van der Waals surface area contributed by atoms with Crippen LogP contribution in [0.15, 0.2) is 42.6 Å². The Morgan fingerprint density at radius 1 is 1.15 bits per heavy atom. The van der Waals surface area contributed by atoms with Crippen LogP contribution in [0.2, 0.25) is 0 Å². The van der Waals surface area contributed by atoms with E-state index in [4.69, 9.17) is 0 Å². The average molecular weight is 356 g/mol. The van der Waals surface area contributed by atoms with Gasteiger partial charge in [-0.3, -0.25) is 9.78 Å². The van der Waals surface area contributed by atoms with Crippen molar-refractivity contribution < 1.29 is 9.18 Å². The first-order valence-corrected chi connectivity index (χ1v) is 9.17. The summed E-state index contributed by atoms with van der Waals surface area (Å²) in [4.78, 5) is 21.0. The van der Waals surface area contributed by atoms with Crippen molar-refractivity contribution in [1.82, 2.24) is 9.88 Å². The average Bonchev–Trinajstić information content (AvgIpc) is 2.69. The fourth-order valence-electron chi connectivity index (χ4n) is 3.05. The lowest BCUT2D eigenvalue weighted by Crippen LogP contribution is -2.49. The molecule has 138 valence electrons. The second-order valence-corrected chi connectivity index (χ2v) is 6.47. The molecule has 1 aliphatic rings. The quantitative estimate of drug-likeness (QED) is 0.806. The molecule has 0 bridgehead atoms. The van der Waals surface area contributed by atoms with Crippen molar-refractivity contribution in [1.29, 1.82) is 0 Å². The number of hydrogen-bond acceptors (Lipinski definition) is 4. The van der Waals surface area contributed by atoms with Gasteiger partial charge < -0.3 is 15.1 Å². The number of piperazine rings is 1. The maximum absolute atomic E-state index is 13.1. The van der Waals surface area contributed by atoms with Crippen LogP contribution in [0.3, 0.4) is 0 Å². The van der Waals surface area contributed by atoms with Crippen LogP contribution in [0.25, 0.3) is 0 Å². The van der Waals surface area contributed by atoms with E-state index in [2.05, 4.69) is 22.1 Å². The monoisotopic (exact) mass is 356 g/mol. The number of nitrogens with one attached hydrogen (secondary N) is 1. The van der Waals surface area contributed by atoms with Gasteiger partial charge in [0.2, 0.25) is 0 Å². The zero-order valence-electron chi connectivity index (χ0n) is 15.1. The number of hydrogen-bond donors (Lipinski definition) is 1. The van der Waals surface area contributed by atoms with Crippen LogP contribution in [-0.2, 0) is 0 Å². The number of amides is 1. The Labute approximate surface area is 153 Å². The Hall–Kier alpha value is -2.63. The molecular weight excluding hydrogens is 331 g/mol. The van der Waals surface area contributed by atoms with Crippen LogP contribution in [0.1, 0.15) is 30.3 Å². The first kappa shape index (κ1) is 18.2. The zero-order chi connectivity index (χ0) is 18.4. The normalized spacial score (nSPS) is 14.4. The van der Waals surface area contributed by atoms with Crippen molar-refractivity contribution in [2.75, 3.05) is 42.9 Å². The van der Waals surface area contributed by atoms with Crippen molar-refractivity contribution in [3.8, 4) is 0 Å². The number of aromatic nitrogens is 1. The number of nitrogens with zero attached hydrogens (tertiary/aromatic N) is 3. The molecule has 2 heterocycles. The van der Waals surface area contributed by atoms with E-state index in [9.17, 15) is 9.18 Å². The van der Waals surface area contributed by atoms with Crippen molar-refractivity contribution in [2.45, 2.75) is 19.8 Å². The standard InChI is InChI=1S/C20H25FN4O/c1-2-3-9-22-17-8-10-23-19(15-17)20(26)25-13-11-24(12-14-25)18-6-4-16(21)5-7-18/h4-8,10,15H,2-3,9,11-14H2,1H3,(H,22,23). The predicted molar refractivity (Wildman–Crippen MR) is 102 cm³/mol. The number of anilines is 2. The highest BCUT2D eigenvalue weighted by Gasteiger charge is 2.23. The number of carbonyl (C=O) groups is 1. The van der Waals surface area contributed by atoms with Crippen LogP contribution in [0.5, 0.6) is 0 Å². The summed E-state index contributed by atoms with van der Waals surface area (Å²) in [5.74, 6) is -0.274. The van der Waals surface area contributed by atoms with Crippen LogP contribution < -0.4 is 10.2 Å². The highest BCUT2D eigenvalue weighted by Crippen LogP contribution is 2.18. The Morgan fingerprint density at radius 2 is 1.88 bits per heavy atom. The molecule has 1 aliphatic heterocycles. The molecule has 3 rings (SSSR count). The van der Waals surface area contributed by atoms with E-state index in [0.717, 1.165) is 43.9 Å². The summed E-state index contributed by atoms with van der Waals surface area (Å²) in [6.45, 7) is 5.76. The van der Waals surface area contributed by atoms with Gasteiger partial charge in [-0.25, -0.2) is 4.39 Å². The number of carbonyl (C=O) groups excluding carboxylic acids is 1. The Balaban J connectivity index is 1.58. The van der Waals surface area contributed by atoms with Crippen LogP contribution in [0, 0.1) is 5.82 Å². The van der Waals surface area contributed by atoms with E-state index in [-0.39, 0.29) is 11.7 Å². The van der Waals surface area contributed by atoms with Crippen LogP contribution in [-0.4, -0.2) is 48.5 Å². The minimum atomic E-state index is -0.235. The van der Waals surface area contributed by atoms with Crippen molar-refractivity contribution >= 4 is 17.3 Å². The Morgan fingerprint density at radius 3 is 2.58 bits per heavy atom. The molecule has 0 saturated carbocycles. The molecule has 0 atom stereocenters. The Kier molecular flexibility index (Phi) is 6.04. The number of halogens is 1. The molecule has 1 amide bonds. The summed E-state index contributed by atoms with van der Waals surface area (Å²) < 4.78 is 13.1. The van der Waals surface area contributed by atoms with E-state index in [1.165, 1.54) is 12.1 Å². The van der Waals surface area contributed by atoms with E-state index in [1.54, 1.807) is 18.3 Å². The molecule has 0 radical (unpaired) electrons. The van der Waals surface area contributed by atoms with Gasteiger partial charge in [-0.1, -0.05) is 13.3 Å². The number of unbranched alkanes of at least 4 members (excludes halogenated alkanes) is 1. The molecule has 26 heavy (non-hydrogen) atoms. The molecule has 1 saturated heterocycles. The fraction of sp³-hybridized carbons (Fsp3) is 0.400. The molecule has 5 nitrogen and oxygen atoms in total. The largest absolute Gasteiger partial charge is 0.385 e. The summed E-state index contributed by atoms with van der Waals surface area (Å²) in [5, 5.41) is 3.33. The van der Waals surface area contributed by atoms with Gasteiger partial charge in [0.05, 0.1) is 0 Å². The lowest BCUT2D eigenvalue weighted by Gasteiger charge is -2.36. The minimum Gasteiger partial charge on any atom is -0.385 e. The summed E-state index contributed by atoms with van der Waals surface area (Å²) in [6.07, 6.45) is 3.90. The molecule has 1 N–H and O–H groups in total. The molecule has 1 fully saturated rings. The predicted octanol–water partition coefficient (Wildman–Crippen LogP) is 3.40. The van der Waals surface area contributed by atoms with Gasteiger partial charge in [0.25, 0.3) is 5.91 Å². The fourth-order valence-corrected chi connectivity index (χ4v) is 3.05. The molecule has 0 unspecified atom stereocenters. The van der Waals surface area contributed by atoms with Crippen molar-refractivity contribution in [3.05, 3.63) is 54.1 Å². The van der Waals surface area contributed by atoms with E-state index in [0.29, 0.717) is 18.8 Å². The second kappa shape index (κ2) is 8.65. The maximum Gasteiger partial charge on any atom is 0.272 e. The van der Waals surface area contributed by atoms with Gasteiger partial charge in [0, 0.05) is 50.3 Å². The third-order valence-corrected chi connectivity index (χ3v) is 4.60. The molecule has 1 aromatic carbocycles. The first-order chi connectivity index (χ1) is 12.7. The zero-order valence-corrected chi connectivity index (χ0v) is 15.1. The van der Waals surface area contributed by atoms with Crippen LogP contribution >= 0.6 is 0 Å². The lowest BCUT2D eigenvalue weighted by atomic mass is 10.2. The second-order valence-electron chi connectivity index (χ2n) is 6.47. The topological polar surface area (TPSA) is 48.5 Å². The number of benzene rings is 1. The molecular formula is C20H25FN4O. The lowest BCUT2D eigenvalue weighted by molar-refractivity contribution is 0.0741. The molecule has 0 aliphatic carbocycles. The van der Waals surface area contributed by atoms with E-state index in [1.807, 2.05) is 17.0 Å². The molecule has 6 heteroatoms.